The zero-order chi connectivity index (χ0) is 14.8. The van der Waals surface area contributed by atoms with Crippen LogP contribution in [0.2, 0.25) is 5.02 Å². The Hall–Kier alpha value is -1.67. The van der Waals surface area contributed by atoms with Gasteiger partial charge in [0, 0.05) is 12.1 Å². The van der Waals surface area contributed by atoms with Crippen molar-refractivity contribution in [1.82, 2.24) is 0 Å². The molecule has 0 radical (unpaired) electrons. The first-order valence-corrected chi connectivity index (χ1v) is 7.72. The van der Waals surface area contributed by atoms with E-state index < -0.39 is 28.2 Å². The molecule has 7 nitrogen and oxygen atoms in total. The first-order chi connectivity index (χ1) is 9.37. The molecule has 0 fully saturated rings. The van der Waals surface area contributed by atoms with E-state index in [2.05, 4.69) is 4.72 Å². The van der Waals surface area contributed by atoms with Crippen molar-refractivity contribution >= 4 is 33.3 Å². The number of sulfonamides is 1. The molecule has 0 amide bonds. The minimum atomic E-state index is -3.79. The Morgan fingerprint density at radius 1 is 1.30 bits per heavy atom. The quantitative estimate of drug-likeness (QED) is 0.848. The van der Waals surface area contributed by atoms with Crippen LogP contribution in [0.3, 0.4) is 0 Å². The van der Waals surface area contributed by atoms with Crippen LogP contribution in [0.1, 0.15) is 6.42 Å². The molecule has 1 heterocycles. The third-order valence-electron chi connectivity index (χ3n) is 2.48. The summed E-state index contributed by atoms with van der Waals surface area (Å²) < 4.78 is 36.3. The predicted octanol–water partition coefficient (Wildman–Crippen LogP) is 1.33. The average molecular weight is 322 g/mol. The normalized spacial score (nSPS) is 13.8. The van der Waals surface area contributed by atoms with Crippen LogP contribution in [0.4, 0.5) is 5.69 Å². The summed E-state index contributed by atoms with van der Waals surface area (Å²) >= 11 is 5.95. The fourth-order valence-electron chi connectivity index (χ4n) is 1.58. The molecule has 1 aliphatic heterocycles. The van der Waals surface area contributed by atoms with Gasteiger partial charge in [-0.05, 0) is 0 Å². The van der Waals surface area contributed by atoms with Gasteiger partial charge < -0.3 is 14.6 Å². The molecule has 0 aliphatic carbocycles. The first-order valence-electron chi connectivity index (χ1n) is 5.69. The second kappa shape index (κ2) is 5.76. The molecule has 0 aromatic heterocycles. The number of anilines is 1. The molecule has 0 saturated heterocycles. The molecule has 2 rings (SSSR count). The number of hydrogen-bond donors (Lipinski definition) is 2. The van der Waals surface area contributed by atoms with E-state index in [0.29, 0.717) is 24.7 Å². The van der Waals surface area contributed by atoms with Crippen molar-refractivity contribution < 1.29 is 27.8 Å². The number of benzene rings is 1. The van der Waals surface area contributed by atoms with Gasteiger partial charge in [0.15, 0.2) is 11.5 Å². The van der Waals surface area contributed by atoms with Crippen molar-refractivity contribution in [1.29, 1.82) is 0 Å². The maximum Gasteiger partial charge on any atom is 0.304 e. The van der Waals surface area contributed by atoms with Crippen LogP contribution in [0.5, 0.6) is 11.5 Å². The van der Waals surface area contributed by atoms with Gasteiger partial charge in [-0.3, -0.25) is 9.52 Å². The van der Waals surface area contributed by atoms with E-state index in [1.807, 2.05) is 0 Å². The van der Waals surface area contributed by atoms with Crippen LogP contribution in [0.25, 0.3) is 0 Å². The Morgan fingerprint density at radius 3 is 2.50 bits per heavy atom. The molecule has 20 heavy (non-hydrogen) atoms. The fraction of sp³-hybridized carbons (Fsp3) is 0.364. The number of carbonyl (C=O) groups is 1. The Kier molecular flexibility index (Phi) is 4.24. The Bertz CT molecular complexity index is 630. The lowest BCUT2D eigenvalue weighted by atomic mass is 10.2. The highest BCUT2D eigenvalue weighted by Crippen LogP contribution is 2.38. The third-order valence-corrected chi connectivity index (χ3v) is 4.07. The van der Waals surface area contributed by atoms with Crippen molar-refractivity contribution in [2.45, 2.75) is 6.42 Å². The van der Waals surface area contributed by atoms with Gasteiger partial charge in [0.2, 0.25) is 10.0 Å². The summed E-state index contributed by atoms with van der Waals surface area (Å²) in [6, 6.07) is 2.86. The van der Waals surface area contributed by atoms with Crippen molar-refractivity contribution in [2.24, 2.45) is 0 Å². The molecule has 2 N–H and O–H groups in total. The number of fused-ring (bicyclic) bond motifs is 1. The van der Waals surface area contributed by atoms with Crippen LogP contribution in [0, 0.1) is 0 Å². The van der Waals surface area contributed by atoms with Crippen LogP contribution in [0.15, 0.2) is 12.1 Å². The van der Waals surface area contributed by atoms with Gasteiger partial charge in [-0.2, -0.15) is 0 Å². The summed E-state index contributed by atoms with van der Waals surface area (Å²) in [7, 11) is -3.79. The number of rotatable bonds is 5. The minimum Gasteiger partial charge on any atom is -0.486 e. The zero-order valence-corrected chi connectivity index (χ0v) is 11.8. The molecular formula is C11H12ClNO6S. The summed E-state index contributed by atoms with van der Waals surface area (Å²) in [5, 5.41) is 8.65. The second-order valence-corrected chi connectivity index (χ2v) is 6.29. The first kappa shape index (κ1) is 14.7. The lowest BCUT2D eigenvalue weighted by Crippen LogP contribution is -2.20. The molecular weight excluding hydrogens is 310 g/mol. The van der Waals surface area contributed by atoms with Gasteiger partial charge in [0.05, 0.1) is 22.9 Å². The summed E-state index contributed by atoms with van der Waals surface area (Å²) in [5.74, 6) is -0.900. The van der Waals surface area contributed by atoms with Gasteiger partial charge in [0.25, 0.3) is 0 Å². The minimum absolute atomic E-state index is 0.126. The summed E-state index contributed by atoms with van der Waals surface area (Å²) in [5.41, 5.74) is 0.126. The maximum absolute atomic E-state index is 11.7. The monoisotopic (exact) mass is 321 g/mol. The van der Waals surface area contributed by atoms with E-state index in [1.165, 1.54) is 12.1 Å². The highest BCUT2D eigenvalue weighted by atomic mass is 35.5. The highest BCUT2D eigenvalue weighted by Gasteiger charge is 2.19. The number of aliphatic carboxylic acids is 1. The lowest BCUT2D eigenvalue weighted by Gasteiger charge is -2.20. The molecule has 0 bridgehead atoms. The number of carboxylic acids is 1. The van der Waals surface area contributed by atoms with Crippen LogP contribution in [-0.4, -0.2) is 38.5 Å². The van der Waals surface area contributed by atoms with E-state index in [9.17, 15) is 13.2 Å². The summed E-state index contributed by atoms with van der Waals surface area (Å²) in [6.45, 7) is 0.757. The van der Waals surface area contributed by atoms with Crippen molar-refractivity contribution in [3.05, 3.63) is 17.2 Å². The molecule has 0 saturated carbocycles. The molecule has 0 spiro atoms. The number of ether oxygens (including phenoxy) is 2. The molecule has 9 heteroatoms. The average Bonchev–Trinajstić information content (AvgIpc) is 2.37. The van der Waals surface area contributed by atoms with Crippen LogP contribution < -0.4 is 14.2 Å². The number of hydrogen-bond acceptors (Lipinski definition) is 5. The number of halogens is 1. The SMILES string of the molecule is O=C(O)CCS(=O)(=O)Nc1cc2c(cc1Cl)OCCO2. The van der Waals surface area contributed by atoms with E-state index in [4.69, 9.17) is 26.2 Å². The predicted molar refractivity (Wildman–Crippen MR) is 72.1 cm³/mol. The lowest BCUT2D eigenvalue weighted by molar-refractivity contribution is -0.136. The second-order valence-electron chi connectivity index (χ2n) is 4.04. The number of carboxylic acid groups (broad SMARTS) is 1. The van der Waals surface area contributed by atoms with Gasteiger partial charge in [-0.15, -0.1) is 0 Å². The Labute approximate surface area is 120 Å². The molecule has 1 aromatic rings. The topological polar surface area (TPSA) is 102 Å². The third kappa shape index (κ3) is 3.67. The van der Waals surface area contributed by atoms with Gasteiger partial charge in [-0.1, -0.05) is 11.6 Å². The molecule has 110 valence electrons. The Morgan fingerprint density at radius 2 is 1.90 bits per heavy atom. The van der Waals surface area contributed by atoms with E-state index in [0.717, 1.165) is 0 Å². The Balaban J connectivity index is 2.19. The van der Waals surface area contributed by atoms with Crippen LogP contribution in [-0.2, 0) is 14.8 Å². The van der Waals surface area contributed by atoms with Gasteiger partial charge >= 0.3 is 5.97 Å². The van der Waals surface area contributed by atoms with Crippen molar-refractivity contribution in [2.75, 3.05) is 23.7 Å². The highest BCUT2D eigenvalue weighted by molar-refractivity contribution is 7.92. The van der Waals surface area contributed by atoms with E-state index >= 15 is 0 Å². The molecule has 0 atom stereocenters. The van der Waals surface area contributed by atoms with Gasteiger partial charge in [-0.25, -0.2) is 8.42 Å². The summed E-state index contributed by atoms with van der Waals surface area (Å²) in [4.78, 5) is 10.4. The van der Waals surface area contributed by atoms with Crippen LogP contribution >= 0.6 is 11.6 Å². The van der Waals surface area contributed by atoms with Crippen molar-refractivity contribution in [3.8, 4) is 11.5 Å². The molecule has 1 aliphatic rings. The van der Waals surface area contributed by atoms with Gasteiger partial charge in [0.1, 0.15) is 13.2 Å². The molecule has 0 unspecified atom stereocenters. The summed E-state index contributed by atoms with van der Waals surface area (Å²) in [6.07, 6.45) is -0.489. The largest absolute Gasteiger partial charge is 0.486 e. The molecule has 1 aromatic carbocycles. The van der Waals surface area contributed by atoms with E-state index in [-0.39, 0.29) is 10.7 Å². The number of nitrogens with one attached hydrogen (secondary N) is 1. The fourth-order valence-corrected chi connectivity index (χ4v) is 2.89. The smallest absolute Gasteiger partial charge is 0.304 e. The standard InChI is InChI=1S/C11H12ClNO6S/c12-7-5-9-10(19-3-2-18-9)6-8(7)13-20(16,17)4-1-11(14)15/h5-6,13H,1-4H2,(H,14,15). The zero-order valence-electron chi connectivity index (χ0n) is 10.3. The maximum atomic E-state index is 11.7. The van der Waals surface area contributed by atoms with Crippen molar-refractivity contribution in [3.63, 3.8) is 0 Å². The van der Waals surface area contributed by atoms with E-state index in [1.54, 1.807) is 0 Å².